The number of benzene rings is 1. The number of hydrogen-bond donors (Lipinski definition) is 0. The third kappa shape index (κ3) is 4.23. The first-order valence-corrected chi connectivity index (χ1v) is 7.43. The standard InChI is InChI=1S/C18H21F3/c1-12(2)4-3-5-13-6-8-14(9-7-13)15-10-16(19)18(21)17(20)11-15/h3-5,10-11,13-14H,6-9H2,1-2H3. The highest BCUT2D eigenvalue weighted by Crippen LogP contribution is 2.37. The van der Waals surface area contributed by atoms with E-state index in [4.69, 9.17) is 0 Å². The molecule has 21 heavy (non-hydrogen) atoms. The second-order valence-corrected chi connectivity index (χ2v) is 6.04. The van der Waals surface area contributed by atoms with Gasteiger partial charge in [-0.3, -0.25) is 0 Å². The second kappa shape index (κ2) is 6.97. The van der Waals surface area contributed by atoms with Crippen LogP contribution in [0.5, 0.6) is 0 Å². The number of rotatable bonds is 3. The van der Waals surface area contributed by atoms with Crippen molar-refractivity contribution in [1.82, 2.24) is 0 Å². The lowest BCUT2D eigenvalue weighted by Crippen LogP contribution is -2.12. The lowest BCUT2D eigenvalue weighted by molar-refractivity contribution is 0.371. The number of halogens is 3. The molecular weight excluding hydrogens is 273 g/mol. The molecule has 1 aliphatic carbocycles. The Balaban J connectivity index is 1.98. The molecule has 2 rings (SSSR count). The molecule has 1 aliphatic rings. The van der Waals surface area contributed by atoms with Gasteiger partial charge in [0.25, 0.3) is 0 Å². The fourth-order valence-corrected chi connectivity index (χ4v) is 2.86. The predicted molar refractivity (Wildman–Crippen MR) is 79.6 cm³/mol. The summed E-state index contributed by atoms with van der Waals surface area (Å²) in [6, 6.07) is 2.28. The van der Waals surface area contributed by atoms with E-state index in [-0.39, 0.29) is 5.92 Å². The molecule has 0 aliphatic heterocycles. The van der Waals surface area contributed by atoms with E-state index in [9.17, 15) is 13.2 Å². The van der Waals surface area contributed by atoms with Crippen LogP contribution in [0, 0.1) is 23.4 Å². The van der Waals surface area contributed by atoms with Crippen LogP contribution < -0.4 is 0 Å². The normalized spacial score (nSPS) is 22.5. The molecule has 114 valence electrons. The van der Waals surface area contributed by atoms with Crippen LogP contribution in [0.1, 0.15) is 51.0 Å². The Morgan fingerprint density at radius 1 is 1.00 bits per heavy atom. The summed E-state index contributed by atoms with van der Waals surface area (Å²) in [6.45, 7) is 4.11. The van der Waals surface area contributed by atoms with Crippen molar-refractivity contribution in [3.8, 4) is 0 Å². The molecule has 0 spiro atoms. The van der Waals surface area contributed by atoms with E-state index in [1.54, 1.807) is 0 Å². The van der Waals surface area contributed by atoms with Gasteiger partial charge in [-0.15, -0.1) is 0 Å². The van der Waals surface area contributed by atoms with Gasteiger partial charge in [0, 0.05) is 0 Å². The van der Waals surface area contributed by atoms with Crippen LogP contribution in [0.2, 0.25) is 0 Å². The highest BCUT2D eigenvalue weighted by Gasteiger charge is 2.23. The molecule has 1 aromatic rings. The number of allylic oxidation sites excluding steroid dienone is 4. The van der Waals surface area contributed by atoms with E-state index < -0.39 is 17.5 Å². The summed E-state index contributed by atoms with van der Waals surface area (Å²) >= 11 is 0. The quantitative estimate of drug-likeness (QED) is 0.481. The average molecular weight is 294 g/mol. The summed E-state index contributed by atoms with van der Waals surface area (Å²) in [5.41, 5.74) is 1.84. The van der Waals surface area contributed by atoms with Crippen LogP contribution in [0.4, 0.5) is 13.2 Å². The van der Waals surface area contributed by atoms with Crippen LogP contribution in [0.3, 0.4) is 0 Å². The highest BCUT2D eigenvalue weighted by atomic mass is 19.2. The zero-order chi connectivity index (χ0) is 15.4. The lowest BCUT2D eigenvalue weighted by Gasteiger charge is -2.27. The molecule has 1 aromatic carbocycles. The zero-order valence-corrected chi connectivity index (χ0v) is 12.5. The summed E-state index contributed by atoms with van der Waals surface area (Å²) in [7, 11) is 0. The monoisotopic (exact) mass is 294 g/mol. The van der Waals surface area contributed by atoms with Gasteiger partial charge in [0.1, 0.15) is 0 Å². The van der Waals surface area contributed by atoms with Crippen LogP contribution in [-0.4, -0.2) is 0 Å². The molecule has 0 aromatic heterocycles. The largest absolute Gasteiger partial charge is 0.204 e. The average Bonchev–Trinajstić information content (AvgIpc) is 2.44. The summed E-state index contributed by atoms with van der Waals surface area (Å²) in [4.78, 5) is 0. The smallest absolute Gasteiger partial charge is 0.194 e. The highest BCUT2D eigenvalue weighted by molar-refractivity contribution is 5.24. The van der Waals surface area contributed by atoms with Crippen molar-refractivity contribution in [2.24, 2.45) is 5.92 Å². The van der Waals surface area contributed by atoms with Crippen molar-refractivity contribution in [3.63, 3.8) is 0 Å². The van der Waals surface area contributed by atoms with Crippen LogP contribution in [0.25, 0.3) is 0 Å². The fourth-order valence-electron chi connectivity index (χ4n) is 2.86. The van der Waals surface area contributed by atoms with Crippen LogP contribution in [-0.2, 0) is 0 Å². The molecule has 0 bridgehead atoms. The van der Waals surface area contributed by atoms with Gasteiger partial charge in [0.2, 0.25) is 0 Å². The van der Waals surface area contributed by atoms with Crippen LogP contribution in [0.15, 0.2) is 35.9 Å². The first-order valence-electron chi connectivity index (χ1n) is 7.43. The Kier molecular flexibility index (Phi) is 5.27. The molecule has 0 unspecified atom stereocenters. The van der Waals surface area contributed by atoms with Crippen molar-refractivity contribution in [3.05, 3.63) is 58.9 Å². The molecular formula is C18H21F3. The molecule has 1 fully saturated rings. The van der Waals surface area contributed by atoms with Crippen molar-refractivity contribution < 1.29 is 13.2 Å². The molecule has 0 N–H and O–H groups in total. The minimum atomic E-state index is -1.38. The summed E-state index contributed by atoms with van der Waals surface area (Å²) in [6.07, 6.45) is 10.1. The summed E-state index contributed by atoms with van der Waals surface area (Å²) < 4.78 is 39.5. The molecule has 1 saturated carbocycles. The van der Waals surface area contributed by atoms with E-state index in [1.165, 1.54) is 5.57 Å². The second-order valence-electron chi connectivity index (χ2n) is 6.04. The predicted octanol–water partition coefficient (Wildman–Crippen LogP) is 5.90. The van der Waals surface area contributed by atoms with Crippen molar-refractivity contribution in [2.75, 3.05) is 0 Å². The van der Waals surface area contributed by atoms with Gasteiger partial charge in [0.15, 0.2) is 17.5 Å². The Labute approximate surface area is 124 Å². The maximum absolute atomic E-state index is 13.3. The molecule has 0 radical (unpaired) electrons. The Morgan fingerprint density at radius 3 is 2.10 bits per heavy atom. The topological polar surface area (TPSA) is 0 Å². The third-order valence-corrected chi connectivity index (χ3v) is 4.06. The fraction of sp³-hybridized carbons (Fsp3) is 0.444. The maximum atomic E-state index is 13.3. The van der Waals surface area contributed by atoms with Gasteiger partial charge < -0.3 is 0 Å². The lowest BCUT2D eigenvalue weighted by atomic mass is 9.78. The van der Waals surface area contributed by atoms with Gasteiger partial charge in [0.05, 0.1) is 0 Å². The first-order chi connectivity index (χ1) is 9.97. The molecule has 0 nitrogen and oxygen atoms in total. The Hall–Kier alpha value is -1.51. The van der Waals surface area contributed by atoms with Gasteiger partial charge in [-0.25, -0.2) is 13.2 Å². The molecule has 0 saturated heterocycles. The van der Waals surface area contributed by atoms with E-state index in [0.29, 0.717) is 11.5 Å². The van der Waals surface area contributed by atoms with E-state index in [2.05, 4.69) is 32.1 Å². The maximum Gasteiger partial charge on any atom is 0.194 e. The minimum Gasteiger partial charge on any atom is -0.204 e. The zero-order valence-electron chi connectivity index (χ0n) is 12.5. The van der Waals surface area contributed by atoms with Gasteiger partial charge >= 0.3 is 0 Å². The van der Waals surface area contributed by atoms with Crippen LogP contribution >= 0.6 is 0 Å². The molecule has 0 atom stereocenters. The molecule has 0 amide bonds. The first kappa shape index (κ1) is 15.9. The summed E-state index contributed by atoms with van der Waals surface area (Å²) in [5.74, 6) is -2.90. The van der Waals surface area contributed by atoms with Gasteiger partial charge in [-0.05, 0) is 69.1 Å². The minimum absolute atomic E-state index is 0.128. The third-order valence-electron chi connectivity index (χ3n) is 4.06. The van der Waals surface area contributed by atoms with Crippen molar-refractivity contribution in [2.45, 2.75) is 45.4 Å². The SMILES string of the molecule is CC(C)=CC=CC1CCC(c2cc(F)c(F)c(F)c2)CC1. The Morgan fingerprint density at radius 2 is 1.57 bits per heavy atom. The van der Waals surface area contributed by atoms with E-state index in [0.717, 1.165) is 37.8 Å². The molecule has 3 heteroatoms. The van der Waals surface area contributed by atoms with Crippen molar-refractivity contribution in [1.29, 1.82) is 0 Å². The van der Waals surface area contributed by atoms with E-state index >= 15 is 0 Å². The number of hydrogen-bond acceptors (Lipinski definition) is 0. The molecule has 0 heterocycles. The van der Waals surface area contributed by atoms with E-state index in [1.807, 2.05) is 0 Å². The van der Waals surface area contributed by atoms with Crippen molar-refractivity contribution >= 4 is 0 Å². The van der Waals surface area contributed by atoms with Gasteiger partial charge in [-0.1, -0.05) is 23.8 Å². The Bertz CT molecular complexity index is 523. The summed E-state index contributed by atoms with van der Waals surface area (Å²) in [5, 5.41) is 0. The van der Waals surface area contributed by atoms with Gasteiger partial charge in [-0.2, -0.15) is 0 Å².